The maximum absolute atomic E-state index is 12.7. The molecule has 1 aliphatic heterocycles. The Labute approximate surface area is 141 Å². The lowest BCUT2D eigenvalue weighted by Gasteiger charge is -2.23. The van der Waals surface area contributed by atoms with Gasteiger partial charge in [-0.3, -0.25) is 9.69 Å². The van der Waals surface area contributed by atoms with Crippen molar-refractivity contribution in [1.82, 2.24) is 19.4 Å². The number of carbonyl (C=O) groups excluding carboxylic acids is 1. The van der Waals surface area contributed by atoms with E-state index in [0.29, 0.717) is 12.6 Å². The van der Waals surface area contributed by atoms with Crippen molar-refractivity contribution in [2.75, 3.05) is 13.6 Å². The Morgan fingerprint density at radius 3 is 2.96 bits per heavy atom. The van der Waals surface area contributed by atoms with Gasteiger partial charge in [-0.25, -0.2) is 4.98 Å². The van der Waals surface area contributed by atoms with Crippen LogP contribution in [-0.4, -0.2) is 44.9 Å². The summed E-state index contributed by atoms with van der Waals surface area (Å²) in [5.41, 5.74) is 3.06. The maximum Gasteiger partial charge on any atom is 0.255 e. The summed E-state index contributed by atoms with van der Waals surface area (Å²) in [6.45, 7) is 7.57. The molecule has 0 atom stereocenters. The predicted octanol–water partition coefficient (Wildman–Crippen LogP) is 2.83. The van der Waals surface area contributed by atoms with E-state index in [1.165, 1.54) is 5.69 Å². The van der Waals surface area contributed by atoms with Crippen molar-refractivity contribution >= 4 is 17.2 Å². The summed E-state index contributed by atoms with van der Waals surface area (Å²) in [5.74, 6) is 0.129. The van der Waals surface area contributed by atoms with Gasteiger partial charge in [-0.05, 0) is 38.8 Å². The fourth-order valence-electron chi connectivity index (χ4n) is 2.81. The zero-order valence-electron chi connectivity index (χ0n) is 14.0. The van der Waals surface area contributed by atoms with E-state index in [-0.39, 0.29) is 5.91 Å². The lowest BCUT2D eigenvalue weighted by Crippen LogP contribution is -2.31. The number of nitrogens with zero attached hydrogens (tertiary/aromatic N) is 4. The van der Waals surface area contributed by atoms with Gasteiger partial charge >= 0.3 is 0 Å². The third-order valence-electron chi connectivity index (χ3n) is 4.54. The molecule has 124 valence electrons. The molecule has 23 heavy (non-hydrogen) atoms. The molecular weight excluding hydrogens is 308 g/mol. The molecule has 0 aromatic carbocycles. The Morgan fingerprint density at radius 2 is 2.26 bits per heavy atom. The Bertz CT molecular complexity index is 662. The van der Waals surface area contributed by atoms with Crippen LogP contribution in [0.4, 0.5) is 0 Å². The van der Waals surface area contributed by atoms with E-state index in [2.05, 4.69) is 35.3 Å². The highest BCUT2D eigenvalue weighted by molar-refractivity contribution is 7.08. The van der Waals surface area contributed by atoms with Crippen molar-refractivity contribution in [3.63, 3.8) is 0 Å². The van der Waals surface area contributed by atoms with Crippen molar-refractivity contribution in [2.45, 2.75) is 45.9 Å². The molecule has 2 aromatic heterocycles. The smallest absolute Gasteiger partial charge is 0.255 e. The maximum atomic E-state index is 12.7. The van der Waals surface area contributed by atoms with E-state index >= 15 is 0 Å². The average molecular weight is 332 g/mol. The van der Waals surface area contributed by atoms with Crippen LogP contribution in [0.25, 0.3) is 0 Å². The van der Waals surface area contributed by atoms with Gasteiger partial charge in [0.2, 0.25) is 0 Å². The first-order valence-corrected chi connectivity index (χ1v) is 9.05. The van der Waals surface area contributed by atoms with Gasteiger partial charge in [0.05, 0.1) is 29.8 Å². The summed E-state index contributed by atoms with van der Waals surface area (Å²) in [4.78, 5) is 21.5. The number of rotatable bonds is 4. The van der Waals surface area contributed by atoms with Gasteiger partial charge < -0.3 is 9.47 Å². The second-order valence-corrected chi connectivity index (χ2v) is 7.21. The summed E-state index contributed by atoms with van der Waals surface area (Å²) in [5, 5.41) is 3.89. The number of hydrogen-bond donors (Lipinski definition) is 0. The molecule has 5 nitrogen and oxygen atoms in total. The molecule has 0 radical (unpaired) electrons. The third-order valence-corrected chi connectivity index (χ3v) is 5.22. The number of aryl methyl sites for hydroxylation is 1. The van der Waals surface area contributed by atoms with E-state index in [0.717, 1.165) is 37.3 Å². The molecule has 3 heterocycles. The average Bonchev–Trinajstić information content (AvgIpc) is 3.12. The van der Waals surface area contributed by atoms with Gasteiger partial charge in [0, 0.05) is 31.1 Å². The van der Waals surface area contributed by atoms with Crippen LogP contribution in [0.1, 0.15) is 42.0 Å². The predicted molar refractivity (Wildman–Crippen MR) is 92.5 cm³/mol. The normalized spacial score (nSPS) is 15.1. The van der Waals surface area contributed by atoms with Gasteiger partial charge in [-0.2, -0.15) is 11.3 Å². The molecule has 1 aliphatic rings. The summed E-state index contributed by atoms with van der Waals surface area (Å²) < 4.78 is 2.21. The lowest BCUT2D eigenvalue weighted by molar-refractivity contribution is 0.0745. The van der Waals surface area contributed by atoms with E-state index < -0.39 is 0 Å². The van der Waals surface area contributed by atoms with E-state index in [9.17, 15) is 4.79 Å². The second kappa shape index (κ2) is 6.84. The first-order chi connectivity index (χ1) is 11.1. The Morgan fingerprint density at radius 1 is 1.43 bits per heavy atom. The third kappa shape index (κ3) is 3.48. The van der Waals surface area contributed by atoms with Gasteiger partial charge in [-0.15, -0.1) is 0 Å². The van der Waals surface area contributed by atoms with Crippen LogP contribution in [-0.2, 0) is 19.6 Å². The van der Waals surface area contributed by atoms with Crippen molar-refractivity contribution in [1.29, 1.82) is 0 Å². The SMILES string of the molecule is CC(C)N(C)Cc1ncn2c1CN(C(=O)c1ccsc1)CCC2. The zero-order chi connectivity index (χ0) is 16.4. The van der Waals surface area contributed by atoms with Gasteiger partial charge in [-0.1, -0.05) is 0 Å². The molecule has 0 N–H and O–H groups in total. The van der Waals surface area contributed by atoms with Gasteiger partial charge in [0.1, 0.15) is 0 Å². The number of fused-ring (bicyclic) bond motifs is 1. The summed E-state index contributed by atoms with van der Waals surface area (Å²) in [6.07, 6.45) is 2.90. The van der Waals surface area contributed by atoms with Crippen LogP contribution in [0.3, 0.4) is 0 Å². The summed E-state index contributed by atoms with van der Waals surface area (Å²) >= 11 is 1.57. The van der Waals surface area contributed by atoms with Crippen LogP contribution >= 0.6 is 11.3 Å². The molecule has 0 saturated carbocycles. The highest BCUT2D eigenvalue weighted by Crippen LogP contribution is 2.20. The van der Waals surface area contributed by atoms with Gasteiger partial charge in [0.15, 0.2) is 0 Å². The first-order valence-electron chi connectivity index (χ1n) is 8.11. The first kappa shape index (κ1) is 16.2. The molecule has 0 spiro atoms. The number of carbonyl (C=O) groups is 1. The minimum atomic E-state index is 0.129. The number of hydrogen-bond acceptors (Lipinski definition) is 4. The fourth-order valence-corrected chi connectivity index (χ4v) is 3.44. The largest absolute Gasteiger partial charge is 0.333 e. The topological polar surface area (TPSA) is 41.4 Å². The lowest BCUT2D eigenvalue weighted by atomic mass is 10.2. The fraction of sp³-hybridized carbons (Fsp3) is 0.529. The minimum Gasteiger partial charge on any atom is -0.333 e. The van der Waals surface area contributed by atoms with E-state index in [1.54, 1.807) is 11.3 Å². The molecule has 3 rings (SSSR count). The van der Waals surface area contributed by atoms with Crippen molar-refractivity contribution in [3.05, 3.63) is 40.1 Å². The van der Waals surface area contributed by atoms with Crippen LogP contribution in [0.15, 0.2) is 23.2 Å². The van der Waals surface area contributed by atoms with Crippen molar-refractivity contribution < 1.29 is 4.79 Å². The molecule has 0 bridgehead atoms. The second-order valence-electron chi connectivity index (χ2n) is 6.43. The van der Waals surface area contributed by atoms with Crippen LogP contribution in [0.5, 0.6) is 0 Å². The molecule has 2 aromatic rings. The molecule has 0 unspecified atom stereocenters. The molecule has 0 aliphatic carbocycles. The minimum absolute atomic E-state index is 0.129. The molecule has 0 saturated heterocycles. The van der Waals surface area contributed by atoms with E-state index in [1.807, 2.05) is 28.1 Å². The number of amides is 1. The number of thiophene rings is 1. The highest BCUT2D eigenvalue weighted by Gasteiger charge is 2.23. The number of aromatic nitrogens is 2. The monoisotopic (exact) mass is 332 g/mol. The van der Waals surface area contributed by atoms with Crippen LogP contribution in [0.2, 0.25) is 0 Å². The molecule has 1 amide bonds. The molecule has 0 fully saturated rings. The Balaban J connectivity index is 1.81. The standard InChI is InChI=1S/C17H24N4OS/c1-13(2)19(3)9-15-16-10-20(6-4-7-21(16)12-18-15)17(22)14-5-8-23-11-14/h5,8,11-13H,4,6-7,9-10H2,1-3H3. The summed E-state index contributed by atoms with van der Waals surface area (Å²) in [7, 11) is 2.11. The van der Waals surface area contributed by atoms with Crippen LogP contribution in [0, 0.1) is 0 Å². The van der Waals surface area contributed by atoms with E-state index in [4.69, 9.17) is 0 Å². The quantitative estimate of drug-likeness (QED) is 0.864. The molecule has 6 heteroatoms. The Kier molecular flexibility index (Phi) is 4.82. The summed E-state index contributed by atoms with van der Waals surface area (Å²) in [6, 6.07) is 2.38. The zero-order valence-corrected chi connectivity index (χ0v) is 14.8. The highest BCUT2D eigenvalue weighted by atomic mass is 32.1. The van der Waals surface area contributed by atoms with Gasteiger partial charge in [0.25, 0.3) is 5.91 Å². The van der Waals surface area contributed by atoms with Crippen molar-refractivity contribution in [3.8, 4) is 0 Å². The molecular formula is C17H24N4OS. The van der Waals surface area contributed by atoms with Crippen molar-refractivity contribution in [2.24, 2.45) is 0 Å². The Hall–Kier alpha value is -1.66. The van der Waals surface area contributed by atoms with Crippen LogP contribution < -0.4 is 0 Å². The number of imidazole rings is 1.